The maximum absolute atomic E-state index is 12.4. The third-order valence-corrected chi connectivity index (χ3v) is 4.67. The molecule has 0 saturated heterocycles. The number of ether oxygens (including phenoxy) is 1. The number of hydrogen-bond donors (Lipinski definition) is 3. The molecule has 1 aromatic heterocycles. The van der Waals surface area contributed by atoms with E-state index in [0.29, 0.717) is 11.4 Å². The van der Waals surface area contributed by atoms with Gasteiger partial charge in [-0.3, -0.25) is 9.89 Å². The van der Waals surface area contributed by atoms with Crippen molar-refractivity contribution in [2.24, 2.45) is 5.92 Å². The summed E-state index contributed by atoms with van der Waals surface area (Å²) in [6.07, 6.45) is 4.07. The number of rotatable bonds is 5. The molecule has 0 radical (unpaired) electrons. The Morgan fingerprint density at radius 1 is 1.33 bits per heavy atom. The molecule has 2 unspecified atom stereocenters. The quantitative estimate of drug-likeness (QED) is 0.786. The van der Waals surface area contributed by atoms with Gasteiger partial charge in [0.15, 0.2) is 0 Å². The molecule has 24 heavy (non-hydrogen) atoms. The molecular weight excluding hydrogens is 306 g/mol. The first-order valence-corrected chi connectivity index (χ1v) is 8.33. The molecule has 1 amide bonds. The van der Waals surface area contributed by atoms with Gasteiger partial charge in [-0.05, 0) is 43.2 Å². The smallest absolute Gasteiger partial charge is 0.269 e. The lowest BCUT2D eigenvalue weighted by Crippen LogP contribution is -2.43. The molecule has 6 heteroatoms. The summed E-state index contributed by atoms with van der Waals surface area (Å²) in [5.74, 6) is 0.749. The number of aliphatic hydroxyl groups is 1. The molecule has 0 bridgehead atoms. The summed E-state index contributed by atoms with van der Waals surface area (Å²) in [5.41, 5.74) is 2.06. The maximum atomic E-state index is 12.4. The van der Waals surface area contributed by atoms with Crippen LogP contribution in [0.1, 0.15) is 36.2 Å². The molecule has 1 heterocycles. The first-order valence-electron chi connectivity index (χ1n) is 8.33. The van der Waals surface area contributed by atoms with Gasteiger partial charge in [0.05, 0.1) is 12.8 Å². The molecule has 3 N–H and O–H groups in total. The number of nitrogens with zero attached hydrogens (tertiary/aromatic N) is 1. The summed E-state index contributed by atoms with van der Waals surface area (Å²) < 4.78 is 5.14. The largest absolute Gasteiger partial charge is 0.497 e. The van der Waals surface area contributed by atoms with Crippen molar-refractivity contribution in [3.05, 3.63) is 36.0 Å². The monoisotopic (exact) mass is 329 g/mol. The van der Waals surface area contributed by atoms with E-state index in [-0.39, 0.29) is 24.5 Å². The highest BCUT2D eigenvalue weighted by atomic mass is 16.5. The summed E-state index contributed by atoms with van der Waals surface area (Å²) in [4.78, 5) is 12.4. The van der Waals surface area contributed by atoms with Crippen LogP contribution in [0.15, 0.2) is 30.3 Å². The van der Waals surface area contributed by atoms with E-state index in [2.05, 4.69) is 15.5 Å². The second-order valence-electron chi connectivity index (χ2n) is 6.20. The first-order chi connectivity index (χ1) is 11.7. The van der Waals surface area contributed by atoms with Crippen molar-refractivity contribution in [3.63, 3.8) is 0 Å². The van der Waals surface area contributed by atoms with E-state index in [9.17, 15) is 9.90 Å². The lowest BCUT2D eigenvalue weighted by Gasteiger charge is -2.30. The predicted octanol–water partition coefficient (Wildman–Crippen LogP) is 2.37. The average molecular weight is 329 g/mol. The van der Waals surface area contributed by atoms with Gasteiger partial charge in [0.2, 0.25) is 0 Å². The van der Waals surface area contributed by atoms with E-state index in [1.54, 1.807) is 13.2 Å². The van der Waals surface area contributed by atoms with Crippen molar-refractivity contribution in [1.29, 1.82) is 0 Å². The van der Waals surface area contributed by atoms with E-state index in [0.717, 1.165) is 37.0 Å². The molecule has 1 fully saturated rings. The van der Waals surface area contributed by atoms with Gasteiger partial charge in [-0.1, -0.05) is 12.8 Å². The second kappa shape index (κ2) is 7.49. The van der Waals surface area contributed by atoms with Gasteiger partial charge in [0.25, 0.3) is 5.91 Å². The van der Waals surface area contributed by atoms with Gasteiger partial charge >= 0.3 is 0 Å². The zero-order chi connectivity index (χ0) is 16.9. The Morgan fingerprint density at radius 2 is 2.08 bits per heavy atom. The van der Waals surface area contributed by atoms with Gasteiger partial charge in [-0.25, -0.2) is 0 Å². The van der Waals surface area contributed by atoms with Crippen LogP contribution in [0, 0.1) is 5.92 Å². The number of carbonyl (C=O) groups is 1. The van der Waals surface area contributed by atoms with Crippen LogP contribution in [0.5, 0.6) is 5.75 Å². The first kappa shape index (κ1) is 16.5. The van der Waals surface area contributed by atoms with E-state index in [1.165, 1.54) is 0 Å². The molecular formula is C18H23N3O3. The van der Waals surface area contributed by atoms with Gasteiger partial charge in [0, 0.05) is 24.1 Å². The number of carbonyl (C=O) groups excluding carboxylic acids is 1. The number of aromatic amines is 1. The number of H-pyrrole nitrogens is 1. The summed E-state index contributed by atoms with van der Waals surface area (Å²) >= 11 is 0. The third-order valence-electron chi connectivity index (χ3n) is 4.67. The van der Waals surface area contributed by atoms with Crippen LogP contribution >= 0.6 is 0 Å². The predicted molar refractivity (Wildman–Crippen MR) is 90.9 cm³/mol. The number of amides is 1. The standard InChI is InChI=1S/C18H23N3O3/c1-24-14-8-6-12(7-9-14)16-10-17(21-20-16)18(23)19-15-5-3-2-4-13(15)11-22/h6-10,13,15,22H,2-5,11H2,1H3,(H,19,23)(H,20,21). The van der Waals surface area contributed by atoms with Gasteiger partial charge in [-0.2, -0.15) is 5.10 Å². The number of nitrogens with one attached hydrogen (secondary N) is 2. The number of benzene rings is 1. The molecule has 2 aromatic rings. The minimum absolute atomic E-state index is 0.0315. The third kappa shape index (κ3) is 3.59. The zero-order valence-corrected chi connectivity index (χ0v) is 13.8. The summed E-state index contributed by atoms with van der Waals surface area (Å²) in [6, 6.07) is 9.30. The van der Waals surface area contributed by atoms with E-state index in [1.807, 2.05) is 24.3 Å². The SMILES string of the molecule is COc1ccc(-c2cc(C(=O)NC3CCCCC3CO)[nH]n2)cc1. The Balaban J connectivity index is 1.68. The fourth-order valence-electron chi connectivity index (χ4n) is 3.21. The number of hydrogen-bond acceptors (Lipinski definition) is 4. The molecule has 1 aromatic carbocycles. The second-order valence-corrected chi connectivity index (χ2v) is 6.20. The van der Waals surface area contributed by atoms with Gasteiger partial charge in [-0.15, -0.1) is 0 Å². The van der Waals surface area contributed by atoms with Crippen molar-refractivity contribution in [2.75, 3.05) is 13.7 Å². The lowest BCUT2D eigenvalue weighted by molar-refractivity contribution is 0.0867. The minimum Gasteiger partial charge on any atom is -0.497 e. The molecule has 0 spiro atoms. The Labute approximate surface area is 141 Å². The number of methoxy groups -OCH3 is 1. The maximum Gasteiger partial charge on any atom is 0.269 e. The summed E-state index contributed by atoms with van der Waals surface area (Å²) in [7, 11) is 1.62. The summed E-state index contributed by atoms with van der Waals surface area (Å²) in [5, 5.41) is 19.5. The molecule has 1 aliphatic rings. The van der Waals surface area contributed by atoms with Crippen LogP contribution in [0.3, 0.4) is 0 Å². The fourth-order valence-corrected chi connectivity index (χ4v) is 3.21. The highest BCUT2D eigenvalue weighted by Gasteiger charge is 2.26. The normalized spacial score (nSPS) is 20.6. The Bertz CT molecular complexity index is 681. The van der Waals surface area contributed by atoms with Crippen molar-refractivity contribution in [2.45, 2.75) is 31.7 Å². The van der Waals surface area contributed by atoms with Crippen LogP contribution in [-0.4, -0.2) is 41.0 Å². The van der Waals surface area contributed by atoms with Gasteiger partial charge in [0.1, 0.15) is 11.4 Å². The molecule has 2 atom stereocenters. The molecule has 3 rings (SSSR count). The number of aromatic nitrogens is 2. The van der Waals surface area contributed by atoms with Crippen molar-refractivity contribution in [1.82, 2.24) is 15.5 Å². The van der Waals surface area contributed by atoms with E-state index >= 15 is 0 Å². The topological polar surface area (TPSA) is 87.2 Å². The highest BCUT2D eigenvalue weighted by Crippen LogP contribution is 2.25. The molecule has 1 aliphatic carbocycles. The Hall–Kier alpha value is -2.34. The van der Waals surface area contributed by atoms with E-state index < -0.39 is 0 Å². The van der Waals surface area contributed by atoms with Crippen LogP contribution in [0.25, 0.3) is 11.3 Å². The number of aliphatic hydroxyl groups excluding tert-OH is 1. The zero-order valence-electron chi connectivity index (χ0n) is 13.8. The van der Waals surface area contributed by atoms with Crippen LogP contribution in [0.4, 0.5) is 0 Å². The summed E-state index contributed by atoms with van der Waals surface area (Å²) in [6.45, 7) is 0.116. The molecule has 128 valence electrons. The molecule has 6 nitrogen and oxygen atoms in total. The van der Waals surface area contributed by atoms with Crippen LogP contribution < -0.4 is 10.1 Å². The van der Waals surface area contributed by atoms with E-state index in [4.69, 9.17) is 4.74 Å². The van der Waals surface area contributed by atoms with Crippen LogP contribution in [0.2, 0.25) is 0 Å². The van der Waals surface area contributed by atoms with Crippen molar-refractivity contribution < 1.29 is 14.6 Å². The van der Waals surface area contributed by atoms with Crippen molar-refractivity contribution in [3.8, 4) is 17.0 Å². The Morgan fingerprint density at radius 3 is 2.79 bits per heavy atom. The lowest BCUT2D eigenvalue weighted by atomic mass is 9.85. The average Bonchev–Trinajstić information content (AvgIpc) is 3.12. The van der Waals surface area contributed by atoms with Crippen molar-refractivity contribution >= 4 is 5.91 Å². The fraction of sp³-hybridized carbons (Fsp3) is 0.444. The molecule has 0 aliphatic heterocycles. The molecule has 1 saturated carbocycles. The highest BCUT2D eigenvalue weighted by molar-refractivity contribution is 5.93. The van der Waals surface area contributed by atoms with Gasteiger partial charge < -0.3 is 15.2 Å². The Kier molecular flexibility index (Phi) is 5.15. The minimum atomic E-state index is -0.174. The van der Waals surface area contributed by atoms with Crippen LogP contribution in [-0.2, 0) is 0 Å².